The maximum atomic E-state index is 13.1. The van der Waals surface area contributed by atoms with Crippen molar-refractivity contribution >= 4 is 56.6 Å². The van der Waals surface area contributed by atoms with Crippen LogP contribution in [0.1, 0.15) is 50.3 Å². The fourth-order valence-corrected chi connectivity index (χ4v) is 6.21. The molecule has 0 spiro atoms. The molecule has 3 aromatic carbocycles. The number of carbonyl (C=O) groups excluding carboxylic acids is 3. The number of hydrogen-bond donors (Lipinski definition) is 1. The summed E-state index contributed by atoms with van der Waals surface area (Å²) in [5, 5.41) is 2.94. The van der Waals surface area contributed by atoms with Gasteiger partial charge in [0.05, 0.1) is 27.1 Å². The molecule has 1 aliphatic heterocycles. The number of rotatable bonds is 7. The number of piperidine rings is 1. The lowest BCUT2D eigenvalue weighted by molar-refractivity contribution is 0.0720. The number of fused-ring (bicyclic) bond motifs is 1. The first-order chi connectivity index (χ1) is 17.6. The van der Waals surface area contributed by atoms with Crippen molar-refractivity contribution < 1.29 is 14.4 Å². The van der Waals surface area contributed by atoms with E-state index in [1.165, 1.54) is 23.1 Å². The quantitative estimate of drug-likeness (QED) is 0.236. The van der Waals surface area contributed by atoms with E-state index in [0.29, 0.717) is 28.1 Å². The molecule has 4 aromatic rings. The Hall–Kier alpha value is -3.49. The Morgan fingerprint density at radius 2 is 1.61 bits per heavy atom. The third kappa shape index (κ3) is 5.50. The maximum Gasteiger partial charge on any atom is 0.256 e. The molecule has 0 atom stereocenters. The van der Waals surface area contributed by atoms with Crippen molar-refractivity contribution in [3.05, 3.63) is 89.5 Å². The zero-order valence-electron chi connectivity index (χ0n) is 19.6. The smallest absolute Gasteiger partial charge is 0.256 e. The average Bonchev–Trinajstić information content (AvgIpc) is 3.34. The Morgan fingerprint density at radius 3 is 2.39 bits per heavy atom. The number of likely N-dealkylation sites (tertiary alicyclic amines) is 1. The van der Waals surface area contributed by atoms with E-state index in [1.54, 1.807) is 30.3 Å². The van der Waals surface area contributed by atoms with E-state index in [0.717, 1.165) is 46.9 Å². The van der Waals surface area contributed by atoms with Gasteiger partial charge in [0.1, 0.15) is 0 Å². The van der Waals surface area contributed by atoms with Gasteiger partial charge in [0.2, 0.25) is 0 Å². The zero-order chi connectivity index (χ0) is 24.9. The molecule has 5 rings (SSSR count). The highest BCUT2D eigenvalue weighted by Gasteiger charge is 2.23. The summed E-state index contributed by atoms with van der Waals surface area (Å²) in [6.07, 6.45) is 3.13. The van der Waals surface area contributed by atoms with E-state index < -0.39 is 0 Å². The normalized spacial score (nSPS) is 13.5. The molecule has 36 heavy (non-hydrogen) atoms. The van der Waals surface area contributed by atoms with Gasteiger partial charge in [-0.3, -0.25) is 14.4 Å². The van der Waals surface area contributed by atoms with Crippen LogP contribution >= 0.6 is 23.1 Å². The molecule has 8 heteroatoms. The fraction of sp³-hybridized carbons (Fsp3) is 0.214. The summed E-state index contributed by atoms with van der Waals surface area (Å²) in [5.74, 6) is -0.0338. The van der Waals surface area contributed by atoms with Gasteiger partial charge in [0.25, 0.3) is 11.8 Å². The van der Waals surface area contributed by atoms with E-state index in [1.807, 2.05) is 47.4 Å². The molecule has 0 aliphatic carbocycles. The molecule has 1 N–H and O–H groups in total. The topological polar surface area (TPSA) is 79.4 Å². The van der Waals surface area contributed by atoms with Crippen molar-refractivity contribution in [3.8, 4) is 0 Å². The molecule has 1 aromatic heterocycles. The van der Waals surface area contributed by atoms with E-state index >= 15 is 0 Å². The number of amides is 2. The number of benzene rings is 3. The number of nitrogens with one attached hydrogen (secondary N) is 1. The SMILES string of the molecule is O=C(CSc1nc2ccc(NC(=O)c3ccccc3C(=O)N3CCCCC3)cc2s1)c1ccccc1. The number of carbonyl (C=O) groups is 3. The third-order valence-electron chi connectivity index (χ3n) is 6.09. The fourth-order valence-electron chi connectivity index (χ4n) is 4.21. The monoisotopic (exact) mass is 515 g/mol. The highest BCUT2D eigenvalue weighted by atomic mass is 32.2. The lowest BCUT2D eigenvalue weighted by Gasteiger charge is -2.27. The van der Waals surface area contributed by atoms with Crippen LogP contribution in [0.3, 0.4) is 0 Å². The van der Waals surface area contributed by atoms with Crippen LogP contribution in [-0.2, 0) is 0 Å². The third-order valence-corrected chi connectivity index (χ3v) is 8.26. The molecule has 1 fully saturated rings. The highest BCUT2D eigenvalue weighted by Crippen LogP contribution is 2.32. The number of anilines is 1. The van der Waals surface area contributed by atoms with Crippen LogP contribution in [-0.4, -0.2) is 46.3 Å². The Balaban J connectivity index is 1.28. The van der Waals surface area contributed by atoms with Crippen LogP contribution in [0.5, 0.6) is 0 Å². The summed E-state index contributed by atoms with van der Waals surface area (Å²) in [5.41, 5.74) is 2.93. The number of thiazole rings is 1. The number of nitrogens with zero attached hydrogens (tertiary/aromatic N) is 2. The van der Waals surface area contributed by atoms with Crippen molar-refractivity contribution in [3.63, 3.8) is 0 Å². The van der Waals surface area contributed by atoms with E-state index in [-0.39, 0.29) is 17.6 Å². The second kappa shape index (κ2) is 11.1. The van der Waals surface area contributed by atoms with Crippen LogP contribution in [0.2, 0.25) is 0 Å². The van der Waals surface area contributed by atoms with Gasteiger partial charge in [-0.25, -0.2) is 4.98 Å². The number of Topliss-reactive ketones (excluding diaryl/α,β-unsaturated/α-hetero) is 1. The van der Waals surface area contributed by atoms with Crippen LogP contribution in [0.15, 0.2) is 77.1 Å². The molecule has 2 heterocycles. The maximum absolute atomic E-state index is 13.1. The standard InChI is InChI=1S/C28H25N3O3S2/c32-24(19-9-3-1-4-10-19)18-35-28-30-23-14-13-20(17-25(23)36-28)29-26(33)21-11-5-6-12-22(21)27(34)31-15-7-2-8-16-31/h1,3-6,9-14,17H,2,7-8,15-16,18H2,(H,29,33). The first kappa shape index (κ1) is 24.2. The Bertz CT molecular complexity index is 1410. The second-order valence-corrected chi connectivity index (χ2v) is 10.8. The Labute approximate surface area is 217 Å². The minimum atomic E-state index is -0.317. The minimum Gasteiger partial charge on any atom is -0.339 e. The van der Waals surface area contributed by atoms with Gasteiger partial charge in [0, 0.05) is 24.3 Å². The Kier molecular flexibility index (Phi) is 7.44. The van der Waals surface area contributed by atoms with Crippen LogP contribution in [0, 0.1) is 0 Å². The summed E-state index contributed by atoms with van der Waals surface area (Å²) in [4.78, 5) is 45.1. The minimum absolute atomic E-state index is 0.0607. The van der Waals surface area contributed by atoms with Crippen molar-refractivity contribution in [1.82, 2.24) is 9.88 Å². The number of hydrogen-bond acceptors (Lipinski definition) is 6. The van der Waals surface area contributed by atoms with Crippen LogP contribution in [0.25, 0.3) is 10.2 Å². The van der Waals surface area contributed by atoms with Crippen molar-refractivity contribution in [1.29, 1.82) is 0 Å². The van der Waals surface area contributed by atoms with E-state index in [2.05, 4.69) is 10.3 Å². The lowest BCUT2D eigenvalue weighted by atomic mass is 10.0. The zero-order valence-corrected chi connectivity index (χ0v) is 21.2. The molecule has 0 unspecified atom stereocenters. The molecule has 2 amide bonds. The first-order valence-electron chi connectivity index (χ1n) is 11.9. The van der Waals surface area contributed by atoms with Crippen molar-refractivity contribution in [2.45, 2.75) is 23.6 Å². The van der Waals surface area contributed by atoms with Gasteiger partial charge in [-0.15, -0.1) is 11.3 Å². The summed E-state index contributed by atoms with van der Waals surface area (Å²) < 4.78 is 1.72. The molecular weight excluding hydrogens is 490 g/mol. The molecule has 1 saturated heterocycles. The van der Waals surface area contributed by atoms with E-state index in [9.17, 15) is 14.4 Å². The lowest BCUT2D eigenvalue weighted by Crippen LogP contribution is -2.36. The summed E-state index contributed by atoms with van der Waals surface area (Å²) in [6, 6.07) is 21.7. The highest BCUT2D eigenvalue weighted by molar-refractivity contribution is 8.01. The predicted octanol–water partition coefficient (Wildman–Crippen LogP) is 6.15. The number of ketones is 1. The van der Waals surface area contributed by atoms with Crippen molar-refractivity contribution in [2.24, 2.45) is 0 Å². The molecule has 0 bridgehead atoms. The first-order valence-corrected chi connectivity index (χ1v) is 13.7. The molecule has 6 nitrogen and oxygen atoms in total. The summed E-state index contributed by atoms with van der Waals surface area (Å²) in [7, 11) is 0. The average molecular weight is 516 g/mol. The largest absolute Gasteiger partial charge is 0.339 e. The van der Waals surface area contributed by atoms with Gasteiger partial charge < -0.3 is 10.2 Å². The second-order valence-electron chi connectivity index (χ2n) is 8.59. The van der Waals surface area contributed by atoms with Gasteiger partial charge in [-0.1, -0.05) is 54.2 Å². The molecule has 182 valence electrons. The van der Waals surface area contributed by atoms with Gasteiger partial charge in [-0.2, -0.15) is 0 Å². The van der Waals surface area contributed by atoms with Gasteiger partial charge >= 0.3 is 0 Å². The van der Waals surface area contributed by atoms with Gasteiger partial charge in [0.15, 0.2) is 10.1 Å². The predicted molar refractivity (Wildman–Crippen MR) is 145 cm³/mol. The number of thioether (sulfide) groups is 1. The number of aromatic nitrogens is 1. The summed E-state index contributed by atoms with van der Waals surface area (Å²) >= 11 is 2.90. The molecular formula is C28H25N3O3S2. The molecule has 0 radical (unpaired) electrons. The molecule has 0 saturated carbocycles. The van der Waals surface area contributed by atoms with Crippen LogP contribution in [0.4, 0.5) is 5.69 Å². The Morgan fingerprint density at radius 1 is 0.889 bits per heavy atom. The van der Waals surface area contributed by atoms with Crippen molar-refractivity contribution in [2.75, 3.05) is 24.2 Å². The van der Waals surface area contributed by atoms with E-state index in [4.69, 9.17) is 0 Å². The molecule has 1 aliphatic rings. The van der Waals surface area contributed by atoms with Gasteiger partial charge in [-0.05, 0) is 49.6 Å². The van der Waals surface area contributed by atoms with Crippen LogP contribution < -0.4 is 5.32 Å². The summed E-state index contributed by atoms with van der Waals surface area (Å²) in [6.45, 7) is 1.46.